The number of benzene rings is 1. The third-order valence-corrected chi connectivity index (χ3v) is 3.99. The number of hydrogen-bond donors (Lipinski definition) is 1. The van der Waals surface area contributed by atoms with Crippen molar-refractivity contribution in [1.29, 1.82) is 0 Å². The van der Waals surface area contributed by atoms with E-state index < -0.39 is 15.7 Å². The fraction of sp³-hybridized carbons (Fsp3) is 0.0769. The molecule has 1 heterocycles. The van der Waals surface area contributed by atoms with Gasteiger partial charge in [-0.3, -0.25) is 9.78 Å². The molecule has 104 valence electrons. The minimum atomic E-state index is -3.40. The van der Waals surface area contributed by atoms with Crippen LogP contribution >= 0.6 is 11.6 Å². The van der Waals surface area contributed by atoms with E-state index in [4.69, 9.17) is 11.6 Å². The zero-order valence-corrected chi connectivity index (χ0v) is 12.1. The summed E-state index contributed by atoms with van der Waals surface area (Å²) < 4.78 is 23.0. The molecule has 0 fully saturated rings. The van der Waals surface area contributed by atoms with Crippen LogP contribution in [-0.4, -0.2) is 25.6 Å². The number of carbonyl (C=O) groups is 1. The maximum Gasteiger partial charge on any atom is 0.257 e. The van der Waals surface area contributed by atoms with E-state index in [1.807, 2.05) is 0 Å². The molecule has 0 radical (unpaired) electrons. The number of carbonyl (C=O) groups excluding carboxylic acids is 1. The minimum absolute atomic E-state index is 0.0433. The summed E-state index contributed by atoms with van der Waals surface area (Å²) >= 11 is 5.94. The van der Waals surface area contributed by atoms with Gasteiger partial charge in [0.15, 0.2) is 9.84 Å². The molecular formula is C13H11ClN2O3S. The first-order valence-corrected chi connectivity index (χ1v) is 7.86. The fourth-order valence-electron chi connectivity index (χ4n) is 1.54. The lowest BCUT2D eigenvalue weighted by molar-refractivity contribution is 0.102. The summed E-state index contributed by atoms with van der Waals surface area (Å²) in [6.45, 7) is 0. The van der Waals surface area contributed by atoms with Gasteiger partial charge in [0.2, 0.25) is 0 Å². The van der Waals surface area contributed by atoms with Gasteiger partial charge in [-0.15, -0.1) is 0 Å². The Morgan fingerprint density at radius 3 is 2.45 bits per heavy atom. The van der Waals surface area contributed by atoms with Gasteiger partial charge in [-0.1, -0.05) is 11.6 Å². The standard InChI is InChI=1S/C13H11ClN2O3S/c1-20(18,19)10-2-3-12(14)11(8-10)13(17)16-9-4-6-15-7-5-9/h2-8H,1H3,(H,15,16,17). The molecule has 0 aliphatic heterocycles. The van der Waals surface area contributed by atoms with Crippen molar-refractivity contribution in [2.75, 3.05) is 11.6 Å². The molecule has 2 aromatic rings. The number of nitrogens with one attached hydrogen (secondary N) is 1. The van der Waals surface area contributed by atoms with Crippen molar-refractivity contribution in [3.8, 4) is 0 Å². The average Bonchev–Trinajstić information content (AvgIpc) is 2.39. The van der Waals surface area contributed by atoms with Gasteiger partial charge in [0.1, 0.15) is 0 Å². The second-order valence-corrected chi connectivity index (χ2v) is 6.53. The van der Waals surface area contributed by atoms with Crippen molar-refractivity contribution in [3.63, 3.8) is 0 Å². The molecule has 20 heavy (non-hydrogen) atoms. The van der Waals surface area contributed by atoms with Gasteiger partial charge in [-0.25, -0.2) is 8.42 Å². The molecule has 7 heteroatoms. The zero-order chi connectivity index (χ0) is 14.8. The molecule has 0 aliphatic carbocycles. The summed E-state index contributed by atoms with van der Waals surface area (Å²) in [5, 5.41) is 2.80. The van der Waals surface area contributed by atoms with Crippen LogP contribution < -0.4 is 5.32 Å². The van der Waals surface area contributed by atoms with Gasteiger partial charge in [0.25, 0.3) is 5.91 Å². The SMILES string of the molecule is CS(=O)(=O)c1ccc(Cl)c(C(=O)Nc2ccncc2)c1. The van der Waals surface area contributed by atoms with E-state index in [1.54, 1.807) is 12.1 Å². The Bertz CT molecular complexity index is 745. The minimum Gasteiger partial charge on any atom is -0.322 e. The van der Waals surface area contributed by atoms with Crippen molar-refractivity contribution >= 4 is 33.0 Å². The highest BCUT2D eigenvalue weighted by Crippen LogP contribution is 2.21. The van der Waals surface area contributed by atoms with E-state index in [0.29, 0.717) is 5.69 Å². The Hall–Kier alpha value is -1.92. The van der Waals surface area contributed by atoms with Crippen molar-refractivity contribution in [1.82, 2.24) is 4.98 Å². The normalized spacial score (nSPS) is 11.1. The lowest BCUT2D eigenvalue weighted by atomic mass is 10.2. The van der Waals surface area contributed by atoms with E-state index in [-0.39, 0.29) is 15.5 Å². The summed E-state index contributed by atoms with van der Waals surface area (Å²) in [4.78, 5) is 16.0. The Labute approximate surface area is 121 Å². The van der Waals surface area contributed by atoms with Crippen molar-refractivity contribution in [3.05, 3.63) is 53.3 Å². The number of anilines is 1. The highest BCUT2D eigenvalue weighted by Gasteiger charge is 2.15. The number of halogens is 1. The molecule has 2 rings (SSSR count). The van der Waals surface area contributed by atoms with Gasteiger partial charge in [0.05, 0.1) is 15.5 Å². The molecule has 0 saturated carbocycles. The summed E-state index contributed by atoms with van der Waals surface area (Å²) in [6, 6.07) is 7.24. The third-order valence-electron chi connectivity index (χ3n) is 2.55. The van der Waals surface area contributed by atoms with Crippen LogP contribution in [-0.2, 0) is 9.84 Å². The molecule has 1 aromatic carbocycles. The summed E-state index contributed by atoms with van der Waals surface area (Å²) in [7, 11) is -3.40. The summed E-state index contributed by atoms with van der Waals surface area (Å²) in [5.74, 6) is -0.480. The lowest BCUT2D eigenvalue weighted by Gasteiger charge is -2.08. The molecular weight excluding hydrogens is 300 g/mol. The van der Waals surface area contributed by atoms with Crippen LogP contribution in [0, 0.1) is 0 Å². The number of rotatable bonds is 3. The number of pyridine rings is 1. The van der Waals surface area contributed by atoms with E-state index in [9.17, 15) is 13.2 Å². The van der Waals surface area contributed by atoms with Gasteiger partial charge in [-0.05, 0) is 30.3 Å². The van der Waals surface area contributed by atoms with Gasteiger partial charge >= 0.3 is 0 Å². The lowest BCUT2D eigenvalue weighted by Crippen LogP contribution is -2.13. The van der Waals surface area contributed by atoms with Gasteiger partial charge in [0, 0.05) is 24.3 Å². The van der Waals surface area contributed by atoms with Crippen LogP contribution in [0.1, 0.15) is 10.4 Å². The number of sulfone groups is 1. The van der Waals surface area contributed by atoms with E-state index in [1.165, 1.54) is 30.6 Å². The number of hydrogen-bond acceptors (Lipinski definition) is 4. The van der Waals surface area contributed by atoms with Crippen LogP contribution in [0.5, 0.6) is 0 Å². The highest BCUT2D eigenvalue weighted by atomic mass is 35.5. The van der Waals surface area contributed by atoms with Crippen LogP contribution in [0.4, 0.5) is 5.69 Å². The molecule has 5 nitrogen and oxygen atoms in total. The van der Waals surface area contributed by atoms with Gasteiger partial charge in [-0.2, -0.15) is 0 Å². The smallest absolute Gasteiger partial charge is 0.257 e. The predicted octanol–water partition coefficient (Wildman–Crippen LogP) is 2.39. The number of aromatic nitrogens is 1. The Balaban J connectivity index is 2.35. The molecule has 0 bridgehead atoms. The second-order valence-electron chi connectivity index (χ2n) is 4.10. The van der Waals surface area contributed by atoms with Crippen LogP contribution in [0.2, 0.25) is 5.02 Å². The van der Waals surface area contributed by atoms with E-state index in [2.05, 4.69) is 10.3 Å². The maximum atomic E-state index is 12.1. The zero-order valence-electron chi connectivity index (χ0n) is 10.5. The molecule has 0 atom stereocenters. The third kappa shape index (κ3) is 3.34. The summed E-state index contributed by atoms with van der Waals surface area (Å²) in [5.41, 5.74) is 0.650. The molecule has 0 spiro atoms. The Morgan fingerprint density at radius 1 is 1.20 bits per heavy atom. The first kappa shape index (κ1) is 14.5. The van der Waals surface area contributed by atoms with Gasteiger partial charge < -0.3 is 5.32 Å². The summed E-state index contributed by atoms with van der Waals surface area (Å²) in [6.07, 6.45) is 4.13. The molecule has 1 N–H and O–H groups in total. The second kappa shape index (κ2) is 5.60. The first-order chi connectivity index (χ1) is 9.38. The quantitative estimate of drug-likeness (QED) is 0.944. The molecule has 1 aromatic heterocycles. The molecule has 0 saturated heterocycles. The monoisotopic (exact) mass is 310 g/mol. The van der Waals surface area contributed by atoms with E-state index >= 15 is 0 Å². The van der Waals surface area contributed by atoms with E-state index in [0.717, 1.165) is 6.26 Å². The molecule has 1 amide bonds. The first-order valence-electron chi connectivity index (χ1n) is 5.59. The Kier molecular flexibility index (Phi) is 4.06. The molecule has 0 unspecified atom stereocenters. The van der Waals surface area contributed by atoms with Crippen molar-refractivity contribution in [2.24, 2.45) is 0 Å². The largest absolute Gasteiger partial charge is 0.322 e. The average molecular weight is 311 g/mol. The van der Waals surface area contributed by atoms with Crippen LogP contribution in [0.15, 0.2) is 47.6 Å². The number of amides is 1. The number of nitrogens with zero attached hydrogens (tertiary/aromatic N) is 1. The van der Waals surface area contributed by atoms with Crippen LogP contribution in [0.25, 0.3) is 0 Å². The van der Waals surface area contributed by atoms with Crippen molar-refractivity contribution in [2.45, 2.75) is 4.90 Å². The Morgan fingerprint density at radius 2 is 1.85 bits per heavy atom. The fourth-order valence-corrected chi connectivity index (χ4v) is 2.39. The molecule has 0 aliphatic rings. The van der Waals surface area contributed by atoms with Crippen molar-refractivity contribution < 1.29 is 13.2 Å². The maximum absolute atomic E-state index is 12.1. The highest BCUT2D eigenvalue weighted by molar-refractivity contribution is 7.90. The predicted molar refractivity (Wildman–Crippen MR) is 76.8 cm³/mol. The topological polar surface area (TPSA) is 76.1 Å². The van der Waals surface area contributed by atoms with Crippen LogP contribution in [0.3, 0.4) is 0 Å².